The van der Waals surface area contributed by atoms with Gasteiger partial charge in [0.05, 0.1) is 18.8 Å². The summed E-state index contributed by atoms with van der Waals surface area (Å²) in [6.45, 7) is 12.0. The van der Waals surface area contributed by atoms with E-state index in [1.54, 1.807) is 18.1 Å². The molecule has 0 radical (unpaired) electrons. The van der Waals surface area contributed by atoms with E-state index in [2.05, 4.69) is 15.6 Å². The predicted octanol–water partition coefficient (Wildman–Crippen LogP) is 2.58. The lowest BCUT2D eigenvalue weighted by molar-refractivity contribution is 0.0240. The van der Waals surface area contributed by atoms with Crippen LogP contribution in [-0.2, 0) is 16.0 Å². The third-order valence-corrected chi connectivity index (χ3v) is 4.65. The smallest absolute Gasteiger partial charge is 0.410 e. The SMILES string of the molecule is CCNC(=NCc1ccc(N2CCN(C(=O)OC(C)(C)C)CC2)c(F)c1)NCCOC. The van der Waals surface area contributed by atoms with Crippen LogP contribution in [0.2, 0.25) is 0 Å². The molecule has 0 atom stereocenters. The molecule has 0 aromatic heterocycles. The van der Waals surface area contributed by atoms with E-state index in [1.165, 1.54) is 6.07 Å². The number of hydrogen-bond donors (Lipinski definition) is 2. The minimum atomic E-state index is -0.523. The van der Waals surface area contributed by atoms with Gasteiger partial charge in [0.2, 0.25) is 0 Å². The van der Waals surface area contributed by atoms with E-state index >= 15 is 0 Å². The molecule has 1 fully saturated rings. The fraction of sp³-hybridized carbons (Fsp3) is 0.636. The van der Waals surface area contributed by atoms with Crippen LogP contribution in [-0.4, -0.2) is 75.5 Å². The van der Waals surface area contributed by atoms with Gasteiger partial charge in [-0.2, -0.15) is 0 Å². The Morgan fingerprint density at radius 3 is 2.48 bits per heavy atom. The lowest BCUT2D eigenvalue weighted by atomic mass is 10.1. The molecule has 1 amide bonds. The molecule has 174 valence electrons. The number of carbonyl (C=O) groups is 1. The summed E-state index contributed by atoms with van der Waals surface area (Å²) in [5.74, 6) is 0.387. The fourth-order valence-electron chi connectivity index (χ4n) is 3.15. The Morgan fingerprint density at radius 1 is 1.19 bits per heavy atom. The summed E-state index contributed by atoms with van der Waals surface area (Å²) < 4.78 is 25.2. The molecular weight excluding hydrogens is 401 g/mol. The van der Waals surface area contributed by atoms with E-state index in [1.807, 2.05) is 38.7 Å². The summed E-state index contributed by atoms with van der Waals surface area (Å²) in [5, 5.41) is 6.32. The Morgan fingerprint density at radius 2 is 1.90 bits per heavy atom. The van der Waals surface area contributed by atoms with Crippen molar-refractivity contribution in [2.45, 2.75) is 39.8 Å². The molecule has 2 N–H and O–H groups in total. The minimum absolute atomic E-state index is 0.282. The second kappa shape index (κ2) is 11.7. The second-order valence-corrected chi connectivity index (χ2v) is 8.35. The average molecular weight is 438 g/mol. The van der Waals surface area contributed by atoms with Crippen LogP contribution in [0.5, 0.6) is 0 Å². The van der Waals surface area contributed by atoms with Gasteiger partial charge in [0.1, 0.15) is 11.4 Å². The molecule has 1 aliphatic rings. The van der Waals surface area contributed by atoms with Crippen molar-refractivity contribution in [3.63, 3.8) is 0 Å². The molecule has 8 nitrogen and oxygen atoms in total. The number of guanidine groups is 1. The van der Waals surface area contributed by atoms with Gasteiger partial charge >= 0.3 is 6.09 Å². The van der Waals surface area contributed by atoms with Crippen molar-refractivity contribution in [3.05, 3.63) is 29.6 Å². The number of hydrogen-bond acceptors (Lipinski definition) is 5. The summed E-state index contributed by atoms with van der Waals surface area (Å²) in [6, 6.07) is 5.20. The van der Waals surface area contributed by atoms with Crippen molar-refractivity contribution in [1.29, 1.82) is 0 Å². The molecule has 0 unspecified atom stereocenters. The number of amides is 1. The fourth-order valence-corrected chi connectivity index (χ4v) is 3.15. The number of anilines is 1. The van der Waals surface area contributed by atoms with Gasteiger partial charge in [-0.3, -0.25) is 0 Å². The highest BCUT2D eigenvalue weighted by Gasteiger charge is 2.26. The molecule has 0 aliphatic carbocycles. The molecule has 0 saturated carbocycles. The zero-order valence-corrected chi connectivity index (χ0v) is 19.3. The summed E-state index contributed by atoms with van der Waals surface area (Å²) in [7, 11) is 1.65. The number of nitrogens with zero attached hydrogens (tertiary/aromatic N) is 3. The Bertz CT molecular complexity index is 743. The molecule has 1 heterocycles. The Balaban J connectivity index is 1.94. The zero-order chi connectivity index (χ0) is 22.9. The van der Waals surface area contributed by atoms with E-state index in [4.69, 9.17) is 9.47 Å². The number of piperazine rings is 1. The number of halogens is 1. The third kappa shape index (κ3) is 8.24. The summed E-state index contributed by atoms with van der Waals surface area (Å²) in [6.07, 6.45) is -0.323. The van der Waals surface area contributed by atoms with E-state index in [0.29, 0.717) is 57.5 Å². The van der Waals surface area contributed by atoms with Gasteiger partial charge in [0, 0.05) is 46.4 Å². The first kappa shape index (κ1) is 24.7. The van der Waals surface area contributed by atoms with Gasteiger partial charge in [-0.15, -0.1) is 0 Å². The van der Waals surface area contributed by atoms with Crippen LogP contribution in [0.4, 0.5) is 14.9 Å². The number of carbonyl (C=O) groups excluding carboxylic acids is 1. The van der Waals surface area contributed by atoms with Crippen LogP contribution in [0.3, 0.4) is 0 Å². The first-order chi connectivity index (χ1) is 14.7. The molecule has 31 heavy (non-hydrogen) atoms. The number of aliphatic imine (C=N–C) groups is 1. The van der Waals surface area contributed by atoms with Gasteiger partial charge in [-0.25, -0.2) is 14.2 Å². The Labute approximate surface area is 184 Å². The molecule has 1 aliphatic heterocycles. The highest BCUT2D eigenvalue weighted by molar-refractivity contribution is 5.79. The molecule has 1 aromatic carbocycles. The standard InChI is InChI=1S/C22H36FN5O3/c1-6-24-20(25-9-14-30-5)26-16-17-7-8-19(18(23)15-17)27-10-12-28(13-11-27)21(29)31-22(2,3)4/h7-8,15H,6,9-14,16H2,1-5H3,(H2,24,25,26). The van der Waals surface area contributed by atoms with E-state index in [-0.39, 0.29) is 11.9 Å². The summed E-state index contributed by atoms with van der Waals surface area (Å²) in [5.41, 5.74) is 0.809. The molecular formula is C22H36FN5O3. The Hall–Kier alpha value is -2.55. The summed E-state index contributed by atoms with van der Waals surface area (Å²) >= 11 is 0. The van der Waals surface area contributed by atoms with E-state index < -0.39 is 5.60 Å². The first-order valence-electron chi connectivity index (χ1n) is 10.8. The maximum atomic E-state index is 14.8. The number of methoxy groups -OCH3 is 1. The maximum Gasteiger partial charge on any atom is 0.410 e. The van der Waals surface area contributed by atoms with Gasteiger partial charge < -0.3 is 29.9 Å². The molecule has 1 aromatic rings. The lowest BCUT2D eigenvalue weighted by Gasteiger charge is -2.36. The quantitative estimate of drug-likeness (QED) is 0.388. The summed E-state index contributed by atoms with van der Waals surface area (Å²) in [4.78, 5) is 20.3. The number of ether oxygens (including phenoxy) is 2. The highest BCUT2D eigenvalue weighted by Crippen LogP contribution is 2.23. The van der Waals surface area contributed by atoms with Crippen LogP contribution in [0.1, 0.15) is 33.3 Å². The predicted molar refractivity (Wildman–Crippen MR) is 121 cm³/mol. The number of benzene rings is 1. The van der Waals surface area contributed by atoms with Crippen molar-refractivity contribution in [2.75, 3.05) is 57.9 Å². The highest BCUT2D eigenvalue weighted by atomic mass is 19.1. The van der Waals surface area contributed by atoms with Crippen LogP contribution in [0.25, 0.3) is 0 Å². The van der Waals surface area contributed by atoms with Crippen LogP contribution >= 0.6 is 0 Å². The van der Waals surface area contributed by atoms with Crippen LogP contribution in [0, 0.1) is 5.82 Å². The first-order valence-corrected chi connectivity index (χ1v) is 10.8. The van der Waals surface area contributed by atoms with Gasteiger partial charge in [0.25, 0.3) is 0 Å². The van der Waals surface area contributed by atoms with Crippen molar-refractivity contribution in [3.8, 4) is 0 Å². The van der Waals surface area contributed by atoms with Gasteiger partial charge in [-0.1, -0.05) is 6.07 Å². The molecule has 2 rings (SSSR count). The van der Waals surface area contributed by atoms with Gasteiger partial charge in [-0.05, 0) is 45.4 Å². The van der Waals surface area contributed by atoms with E-state index in [0.717, 1.165) is 12.1 Å². The van der Waals surface area contributed by atoms with Crippen molar-refractivity contribution >= 4 is 17.7 Å². The van der Waals surface area contributed by atoms with Crippen LogP contribution < -0.4 is 15.5 Å². The second-order valence-electron chi connectivity index (χ2n) is 8.35. The topological polar surface area (TPSA) is 78.4 Å². The zero-order valence-electron chi connectivity index (χ0n) is 19.3. The monoisotopic (exact) mass is 437 g/mol. The lowest BCUT2D eigenvalue weighted by Crippen LogP contribution is -2.50. The van der Waals surface area contributed by atoms with Crippen LogP contribution in [0.15, 0.2) is 23.2 Å². The molecule has 0 spiro atoms. The number of nitrogens with one attached hydrogen (secondary N) is 2. The maximum absolute atomic E-state index is 14.8. The van der Waals surface area contributed by atoms with Crippen molar-refractivity contribution < 1.29 is 18.7 Å². The normalized spacial score (nSPS) is 15.1. The average Bonchev–Trinajstić information content (AvgIpc) is 2.71. The van der Waals surface area contributed by atoms with E-state index in [9.17, 15) is 9.18 Å². The van der Waals surface area contributed by atoms with Crippen molar-refractivity contribution in [2.24, 2.45) is 4.99 Å². The van der Waals surface area contributed by atoms with Gasteiger partial charge in [0.15, 0.2) is 5.96 Å². The number of rotatable bonds is 7. The minimum Gasteiger partial charge on any atom is -0.444 e. The van der Waals surface area contributed by atoms with Crippen molar-refractivity contribution in [1.82, 2.24) is 15.5 Å². The molecule has 0 bridgehead atoms. The largest absolute Gasteiger partial charge is 0.444 e. The molecule has 1 saturated heterocycles. The third-order valence-electron chi connectivity index (χ3n) is 4.65. The molecule has 9 heteroatoms. The Kier molecular flexibility index (Phi) is 9.36.